The fourth-order valence-corrected chi connectivity index (χ4v) is 2.17. The summed E-state index contributed by atoms with van der Waals surface area (Å²) < 4.78 is 5.07. The molecule has 1 aromatic carbocycles. The average molecular weight is 291 g/mol. The number of amides is 1. The largest absolute Gasteiger partial charge is 0.394 e. The van der Waals surface area contributed by atoms with Crippen LogP contribution in [0.1, 0.15) is 5.56 Å². The molecule has 114 valence electrons. The molecule has 0 fully saturated rings. The van der Waals surface area contributed by atoms with Crippen molar-refractivity contribution in [3.8, 4) is 0 Å². The molecule has 6 nitrogen and oxygen atoms in total. The second-order valence-corrected chi connectivity index (χ2v) is 4.80. The van der Waals surface area contributed by atoms with Crippen molar-refractivity contribution in [1.82, 2.24) is 10.3 Å². The van der Waals surface area contributed by atoms with E-state index < -0.39 is 6.04 Å². The predicted octanol–water partition coefficient (Wildman–Crippen LogP) is 0.163. The standard InChI is InChI=1S/C15H21N3O3/c16-13(15(20)17-5-7-21-8-6-19)9-11-10-18-14-4-2-1-3-12(11)14/h1-4,10,13,18-19H,5-9,16H2,(H,17,20)/t13-/m0/s1. The quantitative estimate of drug-likeness (QED) is 0.521. The molecule has 2 aromatic rings. The third-order valence-electron chi connectivity index (χ3n) is 3.23. The molecule has 0 aliphatic heterocycles. The molecule has 0 saturated heterocycles. The topological polar surface area (TPSA) is 100 Å². The molecule has 0 spiro atoms. The van der Waals surface area contributed by atoms with Gasteiger partial charge in [0.1, 0.15) is 0 Å². The van der Waals surface area contributed by atoms with Gasteiger partial charge in [-0.1, -0.05) is 18.2 Å². The van der Waals surface area contributed by atoms with Crippen molar-refractivity contribution in [2.24, 2.45) is 5.73 Å². The second kappa shape index (κ2) is 7.78. The first-order chi connectivity index (χ1) is 10.2. The van der Waals surface area contributed by atoms with Crippen LogP contribution in [0.3, 0.4) is 0 Å². The molecule has 0 aliphatic carbocycles. The monoisotopic (exact) mass is 291 g/mol. The summed E-state index contributed by atoms with van der Waals surface area (Å²) in [6.07, 6.45) is 2.37. The molecule has 0 aliphatic rings. The van der Waals surface area contributed by atoms with E-state index in [-0.39, 0.29) is 19.1 Å². The summed E-state index contributed by atoms with van der Waals surface area (Å²) in [6.45, 7) is 1.01. The summed E-state index contributed by atoms with van der Waals surface area (Å²) in [6, 6.07) is 7.32. The molecule has 1 amide bonds. The Labute approximate surface area is 123 Å². The van der Waals surface area contributed by atoms with E-state index in [1.54, 1.807) is 0 Å². The number of aromatic nitrogens is 1. The first-order valence-electron chi connectivity index (χ1n) is 6.99. The highest BCUT2D eigenvalue weighted by Gasteiger charge is 2.15. The lowest BCUT2D eigenvalue weighted by atomic mass is 10.1. The maximum absolute atomic E-state index is 11.9. The molecule has 2 rings (SSSR count). The molecule has 0 unspecified atom stereocenters. The number of aromatic amines is 1. The van der Waals surface area contributed by atoms with Crippen molar-refractivity contribution in [3.05, 3.63) is 36.0 Å². The number of hydrogen-bond donors (Lipinski definition) is 4. The number of H-pyrrole nitrogens is 1. The number of rotatable bonds is 8. The number of nitrogens with two attached hydrogens (primary N) is 1. The Kier molecular flexibility index (Phi) is 5.74. The Morgan fingerprint density at radius 2 is 2.19 bits per heavy atom. The molecule has 1 aromatic heterocycles. The van der Waals surface area contributed by atoms with Crippen molar-refractivity contribution >= 4 is 16.8 Å². The van der Waals surface area contributed by atoms with E-state index in [2.05, 4.69) is 10.3 Å². The molecule has 5 N–H and O–H groups in total. The van der Waals surface area contributed by atoms with Gasteiger partial charge in [0.15, 0.2) is 0 Å². The van der Waals surface area contributed by atoms with Gasteiger partial charge >= 0.3 is 0 Å². The van der Waals surface area contributed by atoms with Gasteiger partial charge in [0, 0.05) is 23.6 Å². The highest BCUT2D eigenvalue weighted by atomic mass is 16.5. The minimum Gasteiger partial charge on any atom is -0.394 e. The molecule has 0 saturated carbocycles. The van der Waals surface area contributed by atoms with Gasteiger partial charge in [-0.25, -0.2) is 0 Å². The van der Waals surface area contributed by atoms with Crippen LogP contribution in [-0.4, -0.2) is 48.4 Å². The number of aliphatic hydroxyl groups is 1. The summed E-state index contributed by atoms with van der Waals surface area (Å²) in [4.78, 5) is 15.1. The van der Waals surface area contributed by atoms with Crippen molar-refractivity contribution < 1.29 is 14.6 Å². The third-order valence-corrected chi connectivity index (χ3v) is 3.23. The van der Waals surface area contributed by atoms with Crippen LogP contribution in [0.25, 0.3) is 10.9 Å². The van der Waals surface area contributed by atoms with E-state index in [1.165, 1.54) is 0 Å². The summed E-state index contributed by atoms with van der Waals surface area (Å²) in [5.41, 5.74) is 8.01. The van der Waals surface area contributed by atoms with Crippen LogP contribution in [0.4, 0.5) is 0 Å². The molecule has 6 heteroatoms. The van der Waals surface area contributed by atoms with Crippen molar-refractivity contribution in [2.45, 2.75) is 12.5 Å². The number of hydrogen-bond acceptors (Lipinski definition) is 4. The second-order valence-electron chi connectivity index (χ2n) is 4.80. The molecule has 0 radical (unpaired) electrons. The molecule has 1 heterocycles. The normalized spacial score (nSPS) is 12.5. The zero-order valence-electron chi connectivity index (χ0n) is 11.8. The first-order valence-corrected chi connectivity index (χ1v) is 6.99. The molecular formula is C15H21N3O3. The highest BCUT2D eigenvalue weighted by Crippen LogP contribution is 2.18. The Bertz CT molecular complexity index is 582. The van der Waals surface area contributed by atoms with Gasteiger partial charge in [-0.05, 0) is 18.1 Å². The summed E-state index contributed by atoms with van der Waals surface area (Å²) >= 11 is 0. The van der Waals surface area contributed by atoms with Crippen LogP contribution >= 0.6 is 0 Å². The minimum atomic E-state index is -0.595. The van der Waals surface area contributed by atoms with Crippen LogP contribution in [0.15, 0.2) is 30.5 Å². The van der Waals surface area contributed by atoms with Gasteiger partial charge < -0.3 is 25.9 Å². The van der Waals surface area contributed by atoms with Crippen LogP contribution in [0, 0.1) is 0 Å². The van der Waals surface area contributed by atoms with Crippen molar-refractivity contribution in [1.29, 1.82) is 0 Å². The van der Waals surface area contributed by atoms with Gasteiger partial charge in [0.25, 0.3) is 0 Å². The van der Waals surface area contributed by atoms with Gasteiger partial charge in [-0.2, -0.15) is 0 Å². The number of para-hydroxylation sites is 1. The fourth-order valence-electron chi connectivity index (χ4n) is 2.17. The van der Waals surface area contributed by atoms with Gasteiger partial charge in [0.05, 0.1) is 25.9 Å². The number of benzene rings is 1. The fraction of sp³-hybridized carbons (Fsp3) is 0.400. The third kappa shape index (κ3) is 4.29. The zero-order chi connectivity index (χ0) is 15.1. The molecule has 21 heavy (non-hydrogen) atoms. The Morgan fingerprint density at radius 3 is 3.00 bits per heavy atom. The van der Waals surface area contributed by atoms with E-state index in [4.69, 9.17) is 15.6 Å². The first kappa shape index (κ1) is 15.5. The van der Waals surface area contributed by atoms with E-state index in [1.807, 2.05) is 30.5 Å². The number of nitrogens with one attached hydrogen (secondary N) is 2. The van der Waals surface area contributed by atoms with Crippen LogP contribution in [0.2, 0.25) is 0 Å². The summed E-state index contributed by atoms with van der Waals surface area (Å²) in [5.74, 6) is -0.201. The number of ether oxygens (including phenoxy) is 1. The van der Waals surface area contributed by atoms with E-state index in [9.17, 15) is 4.79 Å². The number of aliphatic hydroxyl groups excluding tert-OH is 1. The van der Waals surface area contributed by atoms with Crippen molar-refractivity contribution in [2.75, 3.05) is 26.4 Å². The Hall–Kier alpha value is -1.89. The molecule has 1 atom stereocenters. The summed E-state index contributed by atoms with van der Waals surface area (Å²) in [7, 11) is 0. The predicted molar refractivity (Wildman–Crippen MR) is 80.9 cm³/mol. The maximum Gasteiger partial charge on any atom is 0.237 e. The highest BCUT2D eigenvalue weighted by molar-refractivity contribution is 5.86. The lowest BCUT2D eigenvalue weighted by Gasteiger charge is -2.12. The van der Waals surface area contributed by atoms with Crippen LogP contribution in [-0.2, 0) is 16.0 Å². The maximum atomic E-state index is 11.9. The van der Waals surface area contributed by atoms with Gasteiger partial charge in [-0.3, -0.25) is 4.79 Å². The number of carbonyl (C=O) groups excluding carboxylic acids is 1. The molecular weight excluding hydrogens is 270 g/mol. The van der Waals surface area contributed by atoms with Crippen molar-refractivity contribution in [3.63, 3.8) is 0 Å². The van der Waals surface area contributed by atoms with E-state index in [0.717, 1.165) is 16.5 Å². The Morgan fingerprint density at radius 1 is 1.38 bits per heavy atom. The lowest BCUT2D eigenvalue weighted by Crippen LogP contribution is -2.43. The van der Waals surface area contributed by atoms with Crippen LogP contribution in [0.5, 0.6) is 0 Å². The van der Waals surface area contributed by atoms with E-state index >= 15 is 0 Å². The smallest absolute Gasteiger partial charge is 0.237 e. The lowest BCUT2D eigenvalue weighted by molar-refractivity contribution is -0.122. The van der Waals surface area contributed by atoms with Crippen LogP contribution < -0.4 is 11.1 Å². The minimum absolute atomic E-state index is 0.0198. The van der Waals surface area contributed by atoms with E-state index in [0.29, 0.717) is 19.6 Å². The number of fused-ring (bicyclic) bond motifs is 1. The number of carbonyl (C=O) groups is 1. The summed E-state index contributed by atoms with van der Waals surface area (Å²) in [5, 5.41) is 12.4. The molecule has 0 bridgehead atoms. The zero-order valence-corrected chi connectivity index (χ0v) is 11.8. The van der Waals surface area contributed by atoms with Gasteiger partial charge in [-0.15, -0.1) is 0 Å². The SMILES string of the molecule is N[C@@H](Cc1c[nH]c2ccccc12)C(=O)NCCOCCO. The average Bonchev–Trinajstić information content (AvgIpc) is 2.90. The Balaban J connectivity index is 1.83. The van der Waals surface area contributed by atoms with Gasteiger partial charge in [0.2, 0.25) is 5.91 Å².